The number of cyclic esters (lactones) is 1. The molecular weight excluding hydrogens is 879 g/mol. The first-order valence-corrected chi connectivity index (χ1v) is 25.9. The standard InChI is InChI=1S/C37H67NO13.C15H30O2/c1-14-25-37(10,45)30(41)20(4)27(39)18(2)16-35(8,44)32(51-34-28(40)24(38(11)12)15-19(3)47-34)21(5)29(22(6)33(43)49-25)50-26-17-36(9,46-13)31(42)23(7)48-26;1-3-4-5-6-7-8-9-10-11-12-13-14(2)15(16)17/h18-26,28-32,34,40-42,44-45H,14-17H2,1-13H3;14H,3-13H2,1-2H3,(H,16,17)/t18-,19-,20+,21-,22-,23+,24+,25-,26+,28-,29+,30+,31+,32-,34+,35-,36-,37-;/m1./s1. The average Bonchev–Trinajstić information content (AvgIpc) is 3.27. The van der Waals surface area contributed by atoms with Gasteiger partial charge in [0.15, 0.2) is 12.6 Å². The molecule has 3 aliphatic rings. The lowest BCUT2D eigenvalue weighted by Crippen LogP contribution is -2.61. The summed E-state index contributed by atoms with van der Waals surface area (Å²) in [4.78, 5) is 40.3. The van der Waals surface area contributed by atoms with Gasteiger partial charge in [0, 0.05) is 37.3 Å². The van der Waals surface area contributed by atoms with E-state index in [-0.39, 0.29) is 37.3 Å². The van der Waals surface area contributed by atoms with Crippen LogP contribution in [0.25, 0.3) is 0 Å². The summed E-state index contributed by atoms with van der Waals surface area (Å²) in [6.45, 7) is 20.4. The van der Waals surface area contributed by atoms with Crippen LogP contribution in [0.4, 0.5) is 0 Å². The molecule has 68 heavy (non-hydrogen) atoms. The SMILES string of the molecule is CCCCCCCCCCCCC(C)C(=O)O.CC[C@H]1OC(=O)[C@H](C)[C@@H](O[C@H]2C[C@@](C)(OC)[C@@H](O)[C@H](C)O2)[C@@H](C)[C@@H](O[C@@H]2O[C@H](C)C[C@H](N(C)C)[C@H]2O)[C@](C)(O)C[C@@H](C)C(=O)[C@H](C)[C@H](O)[C@]1(C)O. The molecule has 16 nitrogen and oxygen atoms in total. The number of aliphatic hydroxyl groups is 5. The highest BCUT2D eigenvalue weighted by Gasteiger charge is 2.53. The molecule has 19 atom stereocenters. The molecule has 3 saturated heterocycles. The number of nitrogens with zero attached hydrogens (tertiary/aromatic N) is 1. The Hall–Kier alpha value is -1.83. The van der Waals surface area contributed by atoms with E-state index in [0.717, 1.165) is 12.8 Å². The predicted octanol–water partition coefficient (Wildman–Crippen LogP) is 6.80. The summed E-state index contributed by atoms with van der Waals surface area (Å²) >= 11 is 0. The van der Waals surface area contributed by atoms with Crippen LogP contribution in [0.5, 0.6) is 0 Å². The van der Waals surface area contributed by atoms with Crippen molar-refractivity contribution in [3.8, 4) is 0 Å². The number of rotatable bonds is 19. The van der Waals surface area contributed by atoms with Crippen LogP contribution < -0.4 is 0 Å². The Morgan fingerprint density at radius 2 is 1.37 bits per heavy atom. The number of aliphatic carboxylic acids is 1. The van der Waals surface area contributed by atoms with Crippen LogP contribution in [0.1, 0.15) is 179 Å². The minimum absolute atomic E-state index is 0.0936. The number of unbranched alkanes of at least 4 members (excludes halogenated alkanes) is 9. The van der Waals surface area contributed by atoms with E-state index < -0.39 is 114 Å². The van der Waals surface area contributed by atoms with Crippen LogP contribution in [0.15, 0.2) is 0 Å². The molecule has 0 aliphatic carbocycles. The molecular formula is C52H97NO15. The van der Waals surface area contributed by atoms with Gasteiger partial charge >= 0.3 is 11.9 Å². The minimum Gasteiger partial charge on any atom is -0.481 e. The van der Waals surface area contributed by atoms with Gasteiger partial charge in [0.25, 0.3) is 0 Å². The van der Waals surface area contributed by atoms with Crippen molar-refractivity contribution < 1.29 is 73.4 Å². The third-order valence-corrected chi connectivity index (χ3v) is 15.2. The second kappa shape index (κ2) is 28.4. The Labute approximate surface area is 409 Å². The van der Waals surface area contributed by atoms with Crippen molar-refractivity contribution in [1.82, 2.24) is 4.90 Å². The lowest BCUT2D eigenvalue weighted by molar-refractivity contribution is -0.318. The van der Waals surface area contributed by atoms with Crippen molar-refractivity contribution in [2.75, 3.05) is 21.2 Å². The highest BCUT2D eigenvalue weighted by atomic mass is 16.7. The topological polar surface area (TPSA) is 231 Å². The Balaban J connectivity index is 0.000000789. The van der Waals surface area contributed by atoms with E-state index in [2.05, 4.69) is 6.92 Å². The Morgan fingerprint density at radius 1 is 0.809 bits per heavy atom. The van der Waals surface area contributed by atoms with Gasteiger partial charge in [0.2, 0.25) is 0 Å². The number of likely N-dealkylation sites (N-methyl/N-ethyl adjacent to an activating group) is 1. The zero-order valence-electron chi connectivity index (χ0n) is 44.6. The summed E-state index contributed by atoms with van der Waals surface area (Å²) in [5, 5.41) is 66.3. The van der Waals surface area contributed by atoms with Gasteiger partial charge < -0.3 is 64.0 Å². The average molecular weight is 976 g/mol. The number of aliphatic hydroxyl groups excluding tert-OH is 3. The zero-order chi connectivity index (χ0) is 51.9. The Kier molecular flexibility index (Phi) is 26.0. The Morgan fingerprint density at radius 3 is 1.88 bits per heavy atom. The fourth-order valence-corrected chi connectivity index (χ4v) is 10.5. The monoisotopic (exact) mass is 976 g/mol. The van der Waals surface area contributed by atoms with Gasteiger partial charge in [0.05, 0.1) is 53.6 Å². The molecule has 3 fully saturated rings. The summed E-state index contributed by atoms with van der Waals surface area (Å²) < 4.78 is 37.1. The zero-order valence-corrected chi connectivity index (χ0v) is 44.6. The van der Waals surface area contributed by atoms with E-state index >= 15 is 0 Å². The van der Waals surface area contributed by atoms with Crippen molar-refractivity contribution in [2.45, 2.75) is 264 Å². The van der Waals surface area contributed by atoms with Crippen molar-refractivity contribution in [3.05, 3.63) is 0 Å². The van der Waals surface area contributed by atoms with Crippen molar-refractivity contribution in [3.63, 3.8) is 0 Å². The molecule has 3 heterocycles. The molecule has 16 heteroatoms. The number of carboxylic acid groups (broad SMARTS) is 1. The second-order valence-corrected chi connectivity index (χ2v) is 21.7. The Bertz CT molecular complexity index is 1500. The van der Waals surface area contributed by atoms with Crippen LogP contribution in [-0.4, -0.2) is 159 Å². The molecule has 0 aromatic carbocycles. The number of carbonyl (C=O) groups is 3. The number of esters is 1. The molecule has 3 aliphatic heterocycles. The van der Waals surface area contributed by atoms with Gasteiger partial charge in [-0.1, -0.05) is 106 Å². The fourth-order valence-electron chi connectivity index (χ4n) is 10.5. The number of hydrogen-bond acceptors (Lipinski definition) is 15. The summed E-state index contributed by atoms with van der Waals surface area (Å²) in [5.41, 5.74) is -4.84. The number of Topliss-reactive ketones (excluding diaryl/α,β-unsaturated/α-hetero) is 1. The first kappa shape index (κ1) is 62.3. The molecule has 0 saturated carbocycles. The third-order valence-electron chi connectivity index (χ3n) is 15.2. The predicted molar refractivity (Wildman–Crippen MR) is 260 cm³/mol. The maximum Gasteiger partial charge on any atom is 0.311 e. The van der Waals surface area contributed by atoms with Gasteiger partial charge in [-0.3, -0.25) is 14.4 Å². The van der Waals surface area contributed by atoms with Crippen molar-refractivity contribution >= 4 is 17.7 Å². The fraction of sp³-hybridized carbons (Fsp3) is 0.942. The quantitative estimate of drug-likeness (QED) is 0.0577. The molecule has 3 rings (SSSR count). The van der Waals surface area contributed by atoms with Crippen molar-refractivity contribution in [1.29, 1.82) is 0 Å². The maximum atomic E-state index is 14.1. The largest absolute Gasteiger partial charge is 0.481 e. The number of ketones is 1. The van der Waals surface area contributed by atoms with Gasteiger partial charge in [0.1, 0.15) is 29.7 Å². The van der Waals surface area contributed by atoms with Crippen LogP contribution in [0.2, 0.25) is 0 Å². The normalized spacial score (nSPS) is 40.5. The molecule has 1 unspecified atom stereocenters. The molecule has 0 bridgehead atoms. The first-order valence-electron chi connectivity index (χ1n) is 25.9. The van der Waals surface area contributed by atoms with E-state index in [9.17, 15) is 39.9 Å². The van der Waals surface area contributed by atoms with E-state index in [4.69, 9.17) is 33.5 Å². The summed E-state index contributed by atoms with van der Waals surface area (Å²) in [6, 6.07) is -0.324. The van der Waals surface area contributed by atoms with Crippen molar-refractivity contribution in [2.24, 2.45) is 29.6 Å². The summed E-state index contributed by atoms with van der Waals surface area (Å²) in [7, 11) is 5.18. The van der Waals surface area contributed by atoms with Gasteiger partial charge in [-0.2, -0.15) is 0 Å². The number of hydrogen-bond donors (Lipinski definition) is 6. The highest BCUT2D eigenvalue weighted by molar-refractivity contribution is 5.83. The van der Waals surface area contributed by atoms with Crippen LogP contribution >= 0.6 is 0 Å². The van der Waals surface area contributed by atoms with Crippen LogP contribution in [0.3, 0.4) is 0 Å². The number of methoxy groups -OCH3 is 1. The minimum atomic E-state index is -1.99. The number of ether oxygens (including phenoxy) is 6. The smallest absolute Gasteiger partial charge is 0.311 e. The third kappa shape index (κ3) is 17.4. The van der Waals surface area contributed by atoms with Gasteiger partial charge in [-0.05, 0) is 81.3 Å². The van der Waals surface area contributed by atoms with Crippen LogP contribution in [-0.2, 0) is 42.8 Å². The first-order chi connectivity index (χ1) is 31.6. The van der Waals surface area contributed by atoms with Gasteiger partial charge in [-0.15, -0.1) is 0 Å². The molecule has 0 radical (unpaired) electrons. The maximum absolute atomic E-state index is 14.1. The van der Waals surface area contributed by atoms with E-state index in [1.54, 1.807) is 48.5 Å². The van der Waals surface area contributed by atoms with E-state index in [0.29, 0.717) is 6.42 Å². The molecule has 400 valence electrons. The van der Waals surface area contributed by atoms with E-state index in [1.807, 2.05) is 25.9 Å². The summed E-state index contributed by atoms with van der Waals surface area (Å²) in [5.74, 6) is -5.79. The lowest BCUT2D eigenvalue weighted by atomic mass is 9.74. The second-order valence-electron chi connectivity index (χ2n) is 21.7. The summed E-state index contributed by atoms with van der Waals surface area (Å²) in [6.07, 6.45) is 4.24. The van der Waals surface area contributed by atoms with E-state index in [1.165, 1.54) is 85.7 Å². The molecule has 0 aromatic rings. The molecule has 0 spiro atoms. The van der Waals surface area contributed by atoms with Crippen LogP contribution in [0, 0.1) is 29.6 Å². The number of carbonyl (C=O) groups excluding carboxylic acids is 2. The highest BCUT2D eigenvalue weighted by Crippen LogP contribution is 2.41. The molecule has 0 aromatic heterocycles. The lowest BCUT2D eigenvalue weighted by Gasteiger charge is -2.49. The van der Waals surface area contributed by atoms with Gasteiger partial charge in [-0.25, -0.2) is 0 Å². The molecule has 6 N–H and O–H groups in total. The number of carboxylic acids is 1. The molecule has 0 amide bonds.